The minimum absolute atomic E-state index is 0.137. The van der Waals surface area contributed by atoms with Crippen molar-refractivity contribution < 1.29 is 9.53 Å². The van der Waals surface area contributed by atoms with Crippen LogP contribution in [0.15, 0.2) is 36.7 Å². The maximum atomic E-state index is 12.2. The van der Waals surface area contributed by atoms with Gasteiger partial charge in [0.05, 0.1) is 19.2 Å². The Morgan fingerprint density at radius 1 is 1.24 bits per heavy atom. The summed E-state index contributed by atoms with van der Waals surface area (Å²) in [5.41, 5.74) is 1.62. The highest BCUT2D eigenvalue weighted by atomic mass is 16.5. The number of hydrogen-bond acceptors (Lipinski definition) is 4. The Morgan fingerprint density at radius 2 is 1.95 bits per heavy atom. The first-order valence-electron chi connectivity index (χ1n) is 6.84. The van der Waals surface area contributed by atoms with E-state index in [1.54, 1.807) is 19.5 Å². The smallest absolute Gasteiger partial charge is 0.230 e. The molecule has 5 nitrogen and oxygen atoms in total. The normalized spacial score (nSPS) is 10.5. The zero-order valence-electron chi connectivity index (χ0n) is 12.5. The van der Waals surface area contributed by atoms with Crippen molar-refractivity contribution in [3.05, 3.63) is 47.9 Å². The molecule has 2 rings (SSSR count). The summed E-state index contributed by atoms with van der Waals surface area (Å²) in [6, 6.07) is 7.47. The van der Waals surface area contributed by atoms with Crippen LogP contribution in [0.2, 0.25) is 0 Å². The van der Waals surface area contributed by atoms with E-state index in [9.17, 15) is 4.79 Å². The number of methoxy groups -OCH3 is 1. The SMILES string of the molecule is COc1ccccc1CC(=O)Nc1nccnc1C(C)C. The van der Waals surface area contributed by atoms with Gasteiger partial charge < -0.3 is 10.1 Å². The van der Waals surface area contributed by atoms with Gasteiger partial charge in [-0.05, 0) is 12.0 Å². The van der Waals surface area contributed by atoms with Crippen LogP contribution in [-0.2, 0) is 11.2 Å². The molecule has 1 aromatic carbocycles. The van der Waals surface area contributed by atoms with Crippen molar-refractivity contribution in [2.24, 2.45) is 0 Å². The Balaban J connectivity index is 2.12. The van der Waals surface area contributed by atoms with E-state index in [0.29, 0.717) is 11.6 Å². The van der Waals surface area contributed by atoms with Crippen molar-refractivity contribution in [3.8, 4) is 5.75 Å². The van der Waals surface area contributed by atoms with Crippen LogP contribution < -0.4 is 10.1 Å². The number of nitrogens with zero attached hydrogens (tertiary/aromatic N) is 2. The molecule has 5 heteroatoms. The highest BCUT2D eigenvalue weighted by Gasteiger charge is 2.13. The van der Waals surface area contributed by atoms with Crippen LogP contribution in [0.25, 0.3) is 0 Å². The van der Waals surface area contributed by atoms with E-state index in [-0.39, 0.29) is 18.2 Å². The van der Waals surface area contributed by atoms with Gasteiger partial charge in [0.2, 0.25) is 5.91 Å². The highest BCUT2D eigenvalue weighted by Crippen LogP contribution is 2.21. The average molecular weight is 285 g/mol. The van der Waals surface area contributed by atoms with Gasteiger partial charge in [0.15, 0.2) is 5.82 Å². The zero-order chi connectivity index (χ0) is 15.2. The summed E-state index contributed by atoms with van der Waals surface area (Å²) in [5, 5.41) is 2.82. The third kappa shape index (κ3) is 3.78. The Morgan fingerprint density at radius 3 is 2.67 bits per heavy atom. The lowest BCUT2D eigenvalue weighted by molar-refractivity contribution is -0.115. The molecule has 2 aromatic rings. The maximum Gasteiger partial charge on any atom is 0.230 e. The molecule has 1 amide bonds. The molecule has 0 fully saturated rings. The molecule has 110 valence electrons. The van der Waals surface area contributed by atoms with Crippen molar-refractivity contribution >= 4 is 11.7 Å². The molecule has 0 aliphatic carbocycles. The quantitative estimate of drug-likeness (QED) is 0.917. The lowest BCUT2D eigenvalue weighted by Gasteiger charge is -2.12. The predicted octanol–water partition coefficient (Wildman–Crippen LogP) is 2.79. The number of para-hydroxylation sites is 1. The number of hydrogen-bond donors (Lipinski definition) is 1. The summed E-state index contributed by atoms with van der Waals surface area (Å²) < 4.78 is 5.25. The van der Waals surface area contributed by atoms with E-state index in [2.05, 4.69) is 15.3 Å². The van der Waals surface area contributed by atoms with Gasteiger partial charge in [-0.15, -0.1) is 0 Å². The lowest BCUT2D eigenvalue weighted by atomic mass is 10.1. The van der Waals surface area contributed by atoms with Crippen LogP contribution in [0.4, 0.5) is 5.82 Å². The van der Waals surface area contributed by atoms with Gasteiger partial charge in [0.1, 0.15) is 5.75 Å². The molecule has 0 saturated carbocycles. The Kier molecular flexibility index (Phi) is 4.87. The van der Waals surface area contributed by atoms with Gasteiger partial charge >= 0.3 is 0 Å². The molecule has 0 radical (unpaired) electrons. The molecule has 0 unspecified atom stereocenters. The van der Waals surface area contributed by atoms with Gasteiger partial charge in [-0.3, -0.25) is 9.78 Å². The summed E-state index contributed by atoms with van der Waals surface area (Å²) in [7, 11) is 1.59. The van der Waals surface area contributed by atoms with Gasteiger partial charge in [-0.1, -0.05) is 32.0 Å². The van der Waals surface area contributed by atoms with Gasteiger partial charge in [0.25, 0.3) is 0 Å². The maximum absolute atomic E-state index is 12.2. The second-order valence-electron chi connectivity index (χ2n) is 4.98. The van der Waals surface area contributed by atoms with Crippen LogP contribution in [0.5, 0.6) is 5.75 Å². The number of aromatic nitrogens is 2. The second-order valence-corrected chi connectivity index (χ2v) is 4.98. The number of anilines is 1. The molecule has 0 bridgehead atoms. The lowest BCUT2D eigenvalue weighted by Crippen LogP contribution is -2.18. The molecule has 0 aliphatic heterocycles. The van der Waals surface area contributed by atoms with E-state index < -0.39 is 0 Å². The summed E-state index contributed by atoms with van der Waals surface area (Å²) in [5.74, 6) is 1.28. The van der Waals surface area contributed by atoms with Crippen molar-refractivity contribution in [2.75, 3.05) is 12.4 Å². The van der Waals surface area contributed by atoms with Crippen molar-refractivity contribution in [1.29, 1.82) is 0 Å². The van der Waals surface area contributed by atoms with Crippen LogP contribution in [0.1, 0.15) is 31.0 Å². The van der Waals surface area contributed by atoms with E-state index in [1.807, 2.05) is 38.1 Å². The molecule has 0 spiro atoms. The second kappa shape index (κ2) is 6.83. The largest absolute Gasteiger partial charge is 0.496 e. The van der Waals surface area contributed by atoms with E-state index in [4.69, 9.17) is 4.74 Å². The van der Waals surface area contributed by atoms with E-state index >= 15 is 0 Å². The Hall–Kier alpha value is -2.43. The summed E-state index contributed by atoms with van der Waals surface area (Å²) in [6.45, 7) is 4.03. The molecular formula is C16H19N3O2. The number of benzene rings is 1. The zero-order valence-corrected chi connectivity index (χ0v) is 12.5. The molecule has 0 saturated heterocycles. The fourth-order valence-electron chi connectivity index (χ4n) is 2.07. The monoisotopic (exact) mass is 285 g/mol. The van der Waals surface area contributed by atoms with Gasteiger partial charge in [0, 0.05) is 18.0 Å². The van der Waals surface area contributed by atoms with Gasteiger partial charge in [-0.2, -0.15) is 0 Å². The fourth-order valence-corrected chi connectivity index (χ4v) is 2.07. The Labute approximate surface area is 124 Å². The summed E-state index contributed by atoms with van der Waals surface area (Å²) in [4.78, 5) is 20.7. The Bertz CT molecular complexity index is 626. The molecule has 0 atom stereocenters. The highest BCUT2D eigenvalue weighted by molar-refractivity contribution is 5.92. The number of carbonyl (C=O) groups is 1. The van der Waals surface area contributed by atoms with Gasteiger partial charge in [-0.25, -0.2) is 4.98 Å². The number of rotatable bonds is 5. The average Bonchev–Trinajstić information content (AvgIpc) is 2.48. The van der Waals surface area contributed by atoms with Crippen LogP contribution in [0.3, 0.4) is 0 Å². The first-order valence-corrected chi connectivity index (χ1v) is 6.84. The molecule has 0 aliphatic rings. The molecule has 1 aromatic heterocycles. The molecule has 1 N–H and O–H groups in total. The van der Waals surface area contributed by atoms with E-state index in [1.165, 1.54) is 0 Å². The number of carbonyl (C=O) groups excluding carboxylic acids is 1. The van der Waals surface area contributed by atoms with E-state index in [0.717, 1.165) is 11.3 Å². The minimum Gasteiger partial charge on any atom is -0.496 e. The fraction of sp³-hybridized carbons (Fsp3) is 0.312. The number of ether oxygens (including phenoxy) is 1. The van der Waals surface area contributed by atoms with Crippen molar-refractivity contribution in [2.45, 2.75) is 26.2 Å². The topological polar surface area (TPSA) is 64.1 Å². The van der Waals surface area contributed by atoms with Crippen molar-refractivity contribution in [1.82, 2.24) is 9.97 Å². The summed E-state index contributed by atoms with van der Waals surface area (Å²) in [6.07, 6.45) is 3.44. The molecular weight excluding hydrogens is 266 g/mol. The minimum atomic E-state index is -0.137. The number of nitrogens with one attached hydrogen (secondary N) is 1. The van der Waals surface area contributed by atoms with Crippen LogP contribution >= 0.6 is 0 Å². The molecule has 1 heterocycles. The predicted molar refractivity (Wildman–Crippen MR) is 81.4 cm³/mol. The van der Waals surface area contributed by atoms with Crippen molar-refractivity contribution in [3.63, 3.8) is 0 Å². The third-order valence-electron chi connectivity index (χ3n) is 3.07. The summed E-state index contributed by atoms with van der Waals surface area (Å²) >= 11 is 0. The standard InChI is InChI=1S/C16H19N3O2/c1-11(2)15-16(18-9-8-17-15)19-14(20)10-12-6-4-5-7-13(12)21-3/h4-9,11H,10H2,1-3H3,(H,18,19,20). The van der Waals surface area contributed by atoms with Crippen LogP contribution in [-0.4, -0.2) is 23.0 Å². The third-order valence-corrected chi connectivity index (χ3v) is 3.07. The first kappa shape index (κ1) is 15.0. The molecule has 21 heavy (non-hydrogen) atoms. The van der Waals surface area contributed by atoms with Crippen LogP contribution in [0, 0.1) is 0 Å². The first-order chi connectivity index (χ1) is 10.1. The number of amides is 1.